The van der Waals surface area contributed by atoms with Crippen LogP contribution in [0.15, 0.2) is 0 Å². The maximum atomic E-state index is 12.3. The molecule has 0 spiro atoms. The van der Waals surface area contributed by atoms with Crippen LogP contribution < -0.4 is 5.32 Å². The van der Waals surface area contributed by atoms with Gasteiger partial charge in [-0.05, 0) is 56.9 Å². The molecule has 1 N–H and O–H groups in total. The molecule has 2 aliphatic carbocycles. The number of carbonyl (C=O) groups is 1. The molecule has 1 aliphatic heterocycles. The van der Waals surface area contributed by atoms with Gasteiger partial charge in [-0.3, -0.25) is 4.79 Å². The fourth-order valence-corrected chi connectivity index (χ4v) is 3.74. The Kier molecular flexibility index (Phi) is 3.88. The molecule has 1 saturated heterocycles. The average molecular weight is 250 g/mol. The van der Waals surface area contributed by atoms with Gasteiger partial charge in [0.2, 0.25) is 5.91 Å². The summed E-state index contributed by atoms with van der Waals surface area (Å²) in [4.78, 5) is 14.5. The van der Waals surface area contributed by atoms with Crippen LogP contribution in [0.1, 0.15) is 51.4 Å². The lowest BCUT2D eigenvalue weighted by molar-refractivity contribution is -0.131. The first-order valence-corrected chi connectivity index (χ1v) is 7.85. The Morgan fingerprint density at radius 1 is 1.06 bits per heavy atom. The highest BCUT2D eigenvalue weighted by molar-refractivity contribution is 5.78. The minimum atomic E-state index is 0.352. The summed E-state index contributed by atoms with van der Waals surface area (Å²) in [6.07, 6.45) is 10.6. The van der Waals surface area contributed by atoms with E-state index in [0.29, 0.717) is 18.5 Å². The summed E-state index contributed by atoms with van der Waals surface area (Å²) in [7, 11) is 0. The van der Waals surface area contributed by atoms with Gasteiger partial charge in [-0.25, -0.2) is 0 Å². The Labute approximate surface area is 110 Å². The van der Waals surface area contributed by atoms with Gasteiger partial charge in [-0.1, -0.05) is 12.8 Å². The van der Waals surface area contributed by atoms with E-state index < -0.39 is 0 Å². The van der Waals surface area contributed by atoms with Crippen molar-refractivity contribution in [3.05, 3.63) is 0 Å². The predicted molar refractivity (Wildman–Crippen MR) is 72.3 cm³/mol. The lowest BCUT2D eigenvalue weighted by atomic mass is 9.96. The Morgan fingerprint density at radius 3 is 2.56 bits per heavy atom. The molecule has 102 valence electrons. The normalized spacial score (nSPS) is 29.1. The maximum Gasteiger partial charge on any atom is 0.236 e. The molecule has 1 unspecified atom stereocenters. The first kappa shape index (κ1) is 12.5. The number of nitrogens with zero attached hydrogens (tertiary/aromatic N) is 1. The molecule has 1 atom stereocenters. The quantitative estimate of drug-likeness (QED) is 0.811. The smallest absolute Gasteiger partial charge is 0.236 e. The van der Waals surface area contributed by atoms with Crippen molar-refractivity contribution in [2.45, 2.75) is 57.4 Å². The SMILES string of the molecule is O=C(CNCC1CC1)N1CCCC1C1CCCC1. The molecule has 0 aromatic heterocycles. The van der Waals surface area contributed by atoms with E-state index in [1.165, 1.54) is 51.4 Å². The van der Waals surface area contributed by atoms with Gasteiger partial charge in [0, 0.05) is 12.6 Å². The van der Waals surface area contributed by atoms with Crippen molar-refractivity contribution in [3.8, 4) is 0 Å². The second-order valence-electron chi connectivity index (χ2n) is 6.42. The molecule has 3 nitrogen and oxygen atoms in total. The van der Waals surface area contributed by atoms with Crippen molar-refractivity contribution in [3.63, 3.8) is 0 Å². The zero-order valence-corrected chi connectivity index (χ0v) is 11.4. The minimum absolute atomic E-state index is 0.352. The van der Waals surface area contributed by atoms with Crippen LogP contribution >= 0.6 is 0 Å². The number of hydrogen-bond donors (Lipinski definition) is 1. The number of rotatable bonds is 5. The minimum Gasteiger partial charge on any atom is -0.338 e. The lowest BCUT2D eigenvalue weighted by Crippen LogP contribution is -2.44. The second-order valence-corrected chi connectivity index (χ2v) is 6.42. The summed E-state index contributed by atoms with van der Waals surface area (Å²) in [5.74, 6) is 2.02. The zero-order valence-electron chi connectivity index (χ0n) is 11.4. The first-order valence-electron chi connectivity index (χ1n) is 7.85. The fourth-order valence-electron chi connectivity index (χ4n) is 3.74. The van der Waals surface area contributed by atoms with Gasteiger partial charge in [0.15, 0.2) is 0 Å². The monoisotopic (exact) mass is 250 g/mol. The third kappa shape index (κ3) is 2.87. The molecule has 2 saturated carbocycles. The number of nitrogens with one attached hydrogen (secondary N) is 1. The van der Waals surface area contributed by atoms with E-state index in [4.69, 9.17) is 0 Å². The van der Waals surface area contributed by atoms with E-state index in [1.54, 1.807) is 0 Å². The summed E-state index contributed by atoms with van der Waals surface area (Å²) >= 11 is 0. The molecule has 0 bridgehead atoms. The van der Waals surface area contributed by atoms with Crippen LogP contribution in [0.4, 0.5) is 0 Å². The van der Waals surface area contributed by atoms with Gasteiger partial charge in [0.25, 0.3) is 0 Å². The van der Waals surface area contributed by atoms with Gasteiger partial charge in [-0.15, -0.1) is 0 Å². The van der Waals surface area contributed by atoms with E-state index >= 15 is 0 Å². The Hall–Kier alpha value is -0.570. The molecule has 3 rings (SSSR count). The molecule has 0 aromatic rings. The Balaban J connectivity index is 1.47. The van der Waals surface area contributed by atoms with Crippen LogP contribution in [0, 0.1) is 11.8 Å². The summed E-state index contributed by atoms with van der Waals surface area (Å²) in [5.41, 5.74) is 0. The van der Waals surface area contributed by atoms with Gasteiger partial charge in [0.05, 0.1) is 6.54 Å². The van der Waals surface area contributed by atoms with Crippen LogP contribution in [0.2, 0.25) is 0 Å². The number of carbonyl (C=O) groups excluding carboxylic acids is 1. The maximum absolute atomic E-state index is 12.3. The van der Waals surface area contributed by atoms with Gasteiger partial charge in [-0.2, -0.15) is 0 Å². The molecule has 3 heteroatoms. The Bertz CT molecular complexity index is 295. The van der Waals surface area contributed by atoms with Crippen LogP contribution in [0.25, 0.3) is 0 Å². The number of hydrogen-bond acceptors (Lipinski definition) is 2. The fraction of sp³-hybridized carbons (Fsp3) is 0.933. The summed E-state index contributed by atoms with van der Waals surface area (Å²) in [6, 6.07) is 0.572. The van der Waals surface area contributed by atoms with Crippen molar-refractivity contribution >= 4 is 5.91 Å². The predicted octanol–water partition coefficient (Wildman–Crippen LogP) is 2.17. The molecule has 3 fully saturated rings. The third-order valence-corrected chi connectivity index (χ3v) is 4.97. The average Bonchev–Trinajstić information content (AvgIpc) is 2.88. The van der Waals surface area contributed by atoms with Gasteiger partial charge >= 0.3 is 0 Å². The summed E-state index contributed by atoms with van der Waals surface area (Å²) in [5, 5.41) is 3.34. The summed E-state index contributed by atoms with van der Waals surface area (Å²) < 4.78 is 0. The lowest BCUT2D eigenvalue weighted by Gasteiger charge is -2.29. The second kappa shape index (κ2) is 5.60. The van der Waals surface area contributed by atoms with E-state index in [0.717, 1.165) is 24.9 Å². The standard InChI is InChI=1S/C15H26N2O/c18-15(11-16-10-12-7-8-12)17-9-3-6-14(17)13-4-1-2-5-13/h12-14,16H,1-11H2. The highest BCUT2D eigenvalue weighted by atomic mass is 16.2. The van der Waals surface area contributed by atoms with Crippen molar-refractivity contribution < 1.29 is 4.79 Å². The highest BCUT2D eigenvalue weighted by Crippen LogP contribution is 2.35. The first-order chi connectivity index (χ1) is 8.84. The van der Waals surface area contributed by atoms with E-state index in [2.05, 4.69) is 10.2 Å². The van der Waals surface area contributed by atoms with Crippen LogP contribution in [-0.4, -0.2) is 36.5 Å². The van der Waals surface area contributed by atoms with E-state index in [9.17, 15) is 4.79 Å². The van der Waals surface area contributed by atoms with Crippen LogP contribution in [-0.2, 0) is 4.79 Å². The summed E-state index contributed by atoms with van der Waals surface area (Å²) in [6.45, 7) is 2.62. The molecule has 0 radical (unpaired) electrons. The van der Waals surface area contributed by atoms with E-state index in [-0.39, 0.29) is 0 Å². The zero-order chi connectivity index (χ0) is 12.4. The van der Waals surface area contributed by atoms with Crippen molar-refractivity contribution in [1.82, 2.24) is 10.2 Å². The molecule has 3 aliphatic rings. The molecular formula is C15H26N2O. The number of likely N-dealkylation sites (tertiary alicyclic amines) is 1. The topological polar surface area (TPSA) is 32.3 Å². The van der Waals surface area contributed by atoms with Crippen molar-refractivity contribution in [2.75, 3.05) is 19.6 Å². The third-order valence-electron chi connectivity index (χ3n) is 4.97. The molecule has 1 heterocycles. The highest BCUT2D eigenvalue weighted by Gasteiger charge is 2.35. The van der Waals surface area contributed by atoms with Crippen molar-refractivity contribution in [1.29, 1.82) is 0 Å². The molecule has 0 aromatic carbocycles. The molecule has 18 heavy (non-hydrogen) atoms. The van der Waals surface area contributed by atoms with Gasteiger partial charge in [0.1, 0.15) is 0 Å². The van der Waals surface area contributed by atoms with Gasteiger partial charge < -0.3 is 10.2 Å². The Morgan fingerprint density at radius 2 is 1.83 bits per heavy atom. The van der Waals surface area contributed by atoms with Crippen LogP contribution in [0.5, 0.6) is 0 Å². The molecule has 1 amide bonds. The van der Waals surface area contributed by atoms with Crippen LogP contribution in [0.3, 0.4) is 0 Å². The van der Waals surface area contributed by atoms with Crippen molar-refractivity contribution in [2.24, 2.45) is 11.8 Å². The van der Waals surface area contributed by atoms with E-state index in [1.807, 2.05) is 0 Å². The largest absolute Gasteiger partial charge is 0.338 e. The molecular weight excluding hydrogens is 224 g/mol. The number of amides is 1.